The van der Waals surface area contributed by atoms with E-state index in [2.05, 4.69) is 0 Å². The minimum absolute atomic E-state index is 0.0668. The summed E-state index contributed by atoms with van der Waals surface area (Å²) in [6.07, 6.45) is 1.71. The molecule has 0 N–H and O–H groups in total. The maximum atomic E-state index is 11.5. The summed E-state index contributed by atoms with van der Waals surface area (Å²) in [5.74, 6) is 1.06. The normalized spacial score (nSPS) is 9.80. The van der Waals surface area contributed by atoms with Gasteiger partial charge in [-0.1, -0.05) is 6.07 Å². The first kappa shape index (κ1) is 13.7. The maximum Gasteiger partial charge on any atom is 0.250 e. The van der Waals surface area contributed by atoms with Gasteiger partial charge in [0.25, 0.3) is 5.56 Å². The van der Waals surface area contributed by atoms with E-state index in [0.717, 1.165) is 0 Å². The summed E-state index contributed by atoms with van der Waals surface area (Å²) in [4.78, 5) is 11.5. The van der Waals surface area contributed by atoms with Crippen LogP contribution in [0.3, 0.4) is 0 Å². The van der Waals surface area contributed by atoms with E-state index in [4.69, 9.17) is 14.7 Å². The van der Waals surface area contributed by atoms with Crippen molar-refractivity contribution < 1.29 is 9.47 Å². The van der Waals surface area contributed by atoms with Crippen LogP contribution in [0.2, 0.25) is 0 Å². The Bertz CT molecular complexity index is 686. The first-order valence-electron chi connectivity index (χ1n) is 6.11. The highest BCUT2D eigenvalue weighted by Gasteiger charge is 2.05. The Labute approximate surface area is 116 Å². The summed E-state index contributed by atoms with van der Waals surface area (Å²) in [7, 11) is 1.52. The average molecular weight is 270 g/mol. The van der Waals surface area contributed by atoms with Crippen LogP contribution in [0.15, 0.2) is 47.4 Å². The molecule has 1 aromatic heterocycles. The number of benzene rings is 1. The second-order valence-electron chi connectivity index (χ2n) is 4.06. The predicted molar refractivity (Wildman–Crippen MR) is 73.9 cm³/mol. The number of hydrogen-bond acceptors (Lipinski definition) is 4. The molecule has 0 aliphatic heterocycles. The number of aromatic nitrogens is 1. The highest BCUT2D eigenvalue weighted by Crippen LogP contribution is 2.27. The fourth-order valence-electron chi connectivity index (χ4n) is 1.76. The molecule has 0 unspecified atom stereocenters. The molecule has 0 fully saturated rings. The number of nitrogens with zero attached hydrogens (tertiary/aromatic N) is 2. The van der Waals surface area contributed by atoms with Crippen molar-refractivity contribution >= 4 is 0 Å². The highest BCUT2D eigenvalue weighted by molar-refractivity contribution is 5.46. The van der Waals surface area contributed by atoms with Crippen LogP contribution in [0.4, 0.5) is 0 Å². The molecular weight excluding hydrogens is 256 g/mol. The fraction of sp³-hybridized carbons (Fsp3) is 0.200. The Hall–Kier alpha value is -2.74. The SMILES string of the molecule is COc1cc(C#N)ccc1OCCn1ccccc1=O. The molecule has 0 bridgehead atoms. The van der Waals surface area contributed by atoms with E-state index in [9.17, 15) is 4.79 Å². The molecule has 2 rings (SSSR count). The van der Waals surface area contributed by atoms with E-state index < -0.39 is 0 Å². The van der Waals surface area contributed by atoms with Gasteiger partial charge in [-0.05, 0) is 18.2 Å². The van der Waals surface area contributed by atoms with E-state index >= 15 is 0 Å². The number of hydrogen-bond donors (Lipinski definition) is 0. The topological polar surface area (TPSA) is 64.2 Å². The molecule has 0 radical (unpaired) electrons. The molecule has 5 nitrogen and oxygen atoms in total. The van der Waals surface area contributed by atoms with Gasteiger partial charge in [-0.2, -0.15) is 5.26 Å². The summed E-state index contributed by atoms with van der Waals surface area (Å²) in [5.41, 5.74) is 0.441. The minimum Gasteiger partial charge on any atom is -0.493 e. The smallest absolute Gasteiger partial charge is 0.250 e. The monoisotopic (exact) mass is 270 g/mol. The zero-order valence-electron chi connectivity index (χ0n) is 11.1. The standard InChI is InChI=1S/C15H14N2O3/c1-19-14-10-12(11-16)5-6-13(14)20-9-8-17-7-3-2-4-15(17)18/h2-7,10H,8-9H2,1H3. The Kier molecular flexibility index (Phi) is 4.40. The molecule has 0 spiro atoms. The summed E-state index contributed by atoms with van der Waals surface area (Å²) in [6.45, 7) is 0.787. The number of pyridine rings is 1. The summed E-state index contributed by atoms with van der Waals surface area (Å²) in [6, 6.07) is 12.0. The first-order chi connectivity index (χ1) is 9.74. The van der Waals surface area contributed by atoms with Gasteiger partial charge in [-0.25, -0.2) is 0 Å². The van der Waals surface area contributed by atoms with E-state index in [1.165, 1.54) is 13.2 Å². The Balaban J connectivity index is 2.03. The van der Waals surface area contributed by atoms with Gasteiger partial charge in [0.1, 0.15) is 6.61 Å². The van der Waals surface area contributed by atoms with Gasteiger partial charge in [0, 0.05) is 18.3 Å². The zero-order chi connectivity index (χ0) is 14.4. The molecular formula is C15H14N2O3. The molecule has 20 heavy (non-hydrogen) atoms. The van der Waals surface area contributed by atoms with Crippen LogP contribution >= 0.6 is 0 Å². The van der Waals surface area contributed by atoms with Crippen LogP contribution in [-0.2, 0) is 6.54 Å². The number of ether oxygens (including phenoxy) is 2. The lowest BCUT2D eigenvalue weighted by Crippen LogP contribution is -2.21. The van der Waals surface area contributed by atoms with E-state index in [1.807, 2.05) is 6.07 Å². The Morgan fingerprint density at radius 2 is 2.10 bits per heavy atom. The quantitative estimate of drug-likeness (QED) is 0.831. The Morgan fingerprint density at radius 1 is 1.25 bits per heavy atom. The molecule has 0 aliphatic carbocycles. The van der Waals surface area contributed by atoms with Crippen LogP contribution in [0.25, 0.3) is 0 Å². The third-order valence-electron chi connectivity index (χ3n) is 2.78. The molecule has 0 aliphatic rings. The van der Waals surface area contributed by atoms with Crippen LogP contribution in [-0.4, -0.2) is 18.3 Å². The number of rotatable bonds is 5. The van der Waals surface area contributed by atoms with Crippen molar-refractivity contribution in [3.05, 3.63) is 58.5 Å². The van der Waals surface area contributed by atoms with E-state index in [-0.39, 0.29) is 5.56 Å². The van der Waals surface area contributed by atoms with E-state index in [0.29, 0.717) is 30.2 Å². The molecule has 0 amide bonds. The largest absolute Gasteiger partial charge is 0.493 e. The van der Waals surface area contributed by atoms with Crippen molar-refractivity contribution in [1.82, 2.24) is 4.57 Å². The van der Waals surface area contributed by atoms with Gasteiger partial charge in [-0.15, -0.1) is 0 Å². The van der Waals surface area contributed by atoms with Crippen molar-refractivity contribution in [2.24, 2.45) is 0 Å². The second kappa shape index (κ2) is 6.43. The van der Waals surface area contributed by atoms with Crippen molar-refractivity contribution in [1.29, 1.82) is 5.26 Å². The molecule has 5 heteroatoms. The molecule has 102 valence electrons. The molecule has 1 aromatic carbocycles. The van der Waals surface area contributed by atoms with Gasteiger partial charge >= 0.3 is 0 Å². The van der Waals surface area contributed by atoms with Crippen LogP contribution in [0.5, 0.6) is 11.5 Å². The minimum atomic E-state index is -0.0668. The predicted octanol–water partition coefficient (Wildman–Crippen LogP) is 1.81. The summed E-state index contributed by atoms with van der Waals surface area (Å²) >= 11 is 0. The average Bonchev–Trinajstić information content (AvgIpc) is 2.49. The maximum absolute atomic E-state index is 11.5. The van der Waals surface area contributed by atoms with Crippen molar-refractivity contribution in [2.45, 2.75) is 6.54 Å². The number of methoxy groups -OCH3 is 1. The zero-order valence-corrected chi connectivity index (χ0v) is 11.1. The van der Waals surface area contributed by atoms with E-state index in [1.54, 1.807) is 41.1 Å². The lowest BCUT2D eigenvalue weighted by atomic mass is 10.2. The molecule has 0 saturated heterocycles. The summed E-state index contributed by atoms with van der Waals surface area (Å²) in [5, 5.41) is 8.82. The lowest BCUT2D eigenvalue weighted by molar-refractivity contribution is 0.278. The second-order valence-corrected chi connectivity index (χ2v) is 4.06. The van der Waals surface area contributed by atoms with Gasteiger partial charge in [0.05, 0.1) is 25.3 Å². The van der Waals surface area contributed by atoms with Gasteiger partial charge in [0.2, 0.25) is 0 Å². The van der Waals surface area contributed by atoms with Crippen LogP contribution in [0.1, 0.15) is 5.56 Å². The Morgan fingerprint density at radius 3 is 2.80 bits per heavy atom. The molecule has 2 aromatic rings. The summed E-state index contributed by atoms with van der Waals surface area (Å²) < 4.78 is 12.3. The lowest BCUT2D eigenvalue weighted by Gasteiger charge is -2.11. The third-order valence-corrected chi connectivity index (χ3v) is 2.78. The van der Waals surface area contributed by atoms with Gasteiger partial charge in [0.15, 0.2) is 11.5 Å². The molecule has 1 heterocycles. The van der Waals surface area contributed by atoms with Crippen molar-refractivity contribution in [3.63, 3.8) is 0 Å². The van der Waals surface area contributed by atoms with Gasteiger partial charge < -0.3 is 14.0 Å². The third kappa shape index (κ3) is 3.18. The highest BCUT2D eigenvalue weighted by atomic mass is 16.5. The van der Waals surface area contributed by atoms with Crippen molar-refractivity contribution in [2.75, 3.05) is 13.7 Å². The molecule has 0 saturated carbocycles. The van der Waals surface area contributed by atoms with Gasteiger partial charge in [-0.3, -0.25) is 4.79 Å². The fourth-order valence-corrected chi connectivity index (χ4v) is 1.76. The van der Waals surface area contributed by atoms with Crippen molar-refractivity contribution in [3.8, 4) is 17.6 Å². The van der Waals surface area contributed by atoms with Crippen LogP contribution < -0.4 is 15.0 Å². The first-order valence-corrected chi connectivity index (χ1v) is 6.11. The number of nitriles is 1. The van der Waals surface area contributed by atoms with Crippen LogP contribution in [0, 0.1) is 11.3 Å². The molecule has 0 atom stereocenters.